The SMILES string of the molecule is Cc1nc(CN2CCC[C@H](NCC(=O)Nc3nccs3)C2)no1. The Balaban J connectivity index is 1.42. The number of hydrogen-bond donors (Lipinski definition) is 2. The zero-order valence-electron chi connectivity index (χ0n) is 13.0. The van der Waals surface area contributed by atoms with Gasteiger partial charge in [-0.15, -0.1) is 11.3 Å². The molecule has 0 bridgehead atoms. The summed E-state index contributed by atoms with van der Waals surface area (Å²) >= 11 is 1.41. The van der Waals surface area contributed by atoms with Gasteiger partial charge in [0, 0.05) is 31.1 Å². The van der Waals surface area contributed by atoms with Crippen molar-refractivity contribution in [2.45, 2.75) is 32.4 Å². The van der Waals surface area contributed by atoms with Gasteiger partial charge in [0.15, 0.2) is 11.0 Å². The Labute approximate surface area is 138 Å². The normalized spacial score (nSPS) is 18.9. The van der Waals surface area contributed by atoms with E-state index in [0.717, 1.165) is 25.9 Å². The molecule has 3 heterocycles. The first-order valence-corrected chi connectivity index (χ1v) is 8.51. The van der Waals surface area contributed by atoms with Crippen molar-refractivity contribution in [3.63, 3.8) is 0 Å². The molecule has 0 radical (unpaired) electrons. The highest BCUT2D eigenvalue weighted by Gasteiger charge is 2.21. The van der Waals surface area contributed by atoms with Crippen molar-refractivity contribution < 1.29 is 9.32 Å². The Bertz CT molecular complexity index is 629. The predicted molar refractivity (Wildman–Crippen MR) is 86.1 cm³/mol. The van der Waals surface area contributed by atoms with Crippen molar-refractivity contribution in [2.75, 3.05) is 25.0 Å². The molecular weight excluding hydrogens is 316 g/mol. The maximum Gasteiger partial charge on any atom is 0.240 e. The zero-order valence-corrected chi connectivity index (χ0v) is 13.8. The van der Waals surface area contributed by atoms with Crippen LogP contribution in [-0.2, 0) is 11.3 Å². The number of carbonyl (C=O) groups is 1. The molecule has 1 saturated heterocycles. The smallest absolute Gasteiger partial charge is 0.240 e. The van der Waals surface area contributed by atoms with Crippen LogP contribution in [0.2, 0.25) is 0 Å². The lowest BCUT2D eigenvalue weighted by Gasteiger charge is -2.32. The fourth-order valence-electron chi connectivity index (χ4n) is 2.66. The number of nitrogens with one attached hydrogen (secondary N) is 2. The molecule has 1 aliphatic heterocycles. The third-order valence-corrected chi connectivity index (χ3v) is 4.36. The van der Waals surface area contributed by atoms with E-state index in [0.29, 0.717) is 36.0 Å². The van der Waals surface area contributed by atoms with Crippen LogP contribution < -0.4 is 10.6 Å². The highest BCUT2D eigenvalue weighted by atomic mass is 32.1. The van der Waals surface area contributed by atoms with Gasteiger partial charge in [0.1, 0.15) is 0 Å². The maximum absolute atomic E-state index is 11.9. The lowest BCUT2D eigenvalue weighted by atomic mass is 10.1. The minimum atomic E-state index is -0.0640. The number of hydrogen-bond acceptors (Lipinski definition) is 8. The van der Waals surface area contributed by atoms with E-state index in [-0.39, 0.29) is 5.91 Å². The molecule has 1 fully saturated rings. The van der Waals surface area contributed by atoms with Crippen LogP contribution in [0.3, 0.4) is 0 Å². The standard InChI is InChI=1S/C14H20N6O2S/c1-10-17-12(19-22-10)9-20-5-2-3-11(8-20)16-7-13(21)18-14-15-4-6-23-14/h4,6,11,16H,2-3,5,7-9H2,1H3,(H,15,18,21)/t11-/m0/s1. The van der Waals surface area contributed by atoms with Crippen molar-refractivity contribution in [2.24, 2.45) is 0 Å². The van der Waals surface area contributed by atoms with E-state index >= 15 is 0 Å². The minimum Gasteiger partial charge on any atom is -0.340 e. The fourth-order valence-corrected chi connectivity index (χ4v) is 3.20. The summed E-state index contributed by atoms with van der Waals surface area (Å²) in [5.41, 5.74) is 0. The van der Waals surface area contributed by atoms with Gasteiger partial charge in [0.05, 0.1) is 13.1 Å². The third-order valence-electron chi connectivity index (χ3n) is 3.67. The van der Waals surface area contributed by atoms with Gasteiger partial charge >= 0.3 is 0 Å². The average Bonchev–Trinajstić information content (AvgIpc) is 3.18. The molecule has 2 aromatic heterocycles. The average molecular weight is 336 g/mol. The third kappa shape index (κ3) is 4.81. The molecule has 9 heteroatoms. The van der Waals surface area contributed by atoms with Gasteiger partial charge in [0.2, 0.25) is 11.8 Å². The van der Waals surface area contributed by atoms with Crippen molar-refractivity contribution in [1.29, 1.82) is 0 Å². The highest BCUT2D eigenvalue weighted by molar-refractivity contribution is 7.13. The number of piperidine rings is 1. The summed E-state index contributed by atoms with van der Waals surface area (Å²) in [6.45, 7) is 4.65. The largest absolute Gasteiger partial charge is 0.340 e. The summed E-state index contributed by atoms with van der Waals surface area (Å²) in [7, 11) is 0. The first-order valence-electron chi connectivity index (χ1n) is 7.63. The molecular formula is C14H20N6O2S. The zero-order chi connectivity index (χ0) is 16.1. The van der Waals surface area contributed by atoms with E-state index in [1.54, 1.807) is 13.1 Å². The van der Waals surface area contributed by atoms with Gasteiger partial charge in [-0.25, -0.2) is 4.98 Å². The summed E-state index contributed by atoms with van der Waals surface area (Å²) in [6, 6.07) is 0.291. The monoisotopic (exact) mass is 336 g/mol. The molecule has 23 heavy (non-hydrogen) atoms. The van der Waals surface area contributed by atoms with Crippen molar-refractivity contribution in [3.05, 3.63) is 23.3 Å². The molecule has 1 amide bonds. The van der Waals surface area contributed by atoms with Crippen LogP contribution >= 0.6 is 11.3 Å². The molecule has 0 aromatic carbocycles. The maximum atomic E-state index is 11.9. The lowest BCUT2D eigenvalue weighted by Crippen LogP contribution is -2.47. The molecule has 0 aliphatic carbocycles. The quantitative estimate of drug-likeness (QED) is 0.813. The predicted octanol–water partition coefficient (Wildman–Crippen LogP) is 1.03. The second kappa shape index (κ2) is 7.62. The Morgan fingerprint density at radius 1 is 1.57 bits per heavy atom. The molecule has 0 spiro atoms. The van der Waals surface area contributed by atoms with E-state index in [4.69, 9.17) is 4.52 Å². The van der Waals surface area contributed by atoms with E-state index in [9.17, 15) is 4.79 Å². The van der Waals surface area contributed by atoms with Crippen LogP contribution in [0.15, 0.2) is 16.1 Å². The number of likely N-dealkylation sites (tertiary alicyclic amines) is 1. The van der Waals surface area contributed by atoms with Crippen LogP contribution in [-0.4, -0.2) is 51.6 Å². The number of nitrogens with zero attached hydrogens (tertiary/aromatic N) is 4. The molecule has 124 valence electrons. The molecule has 0 unspecified atom stereocenters. The molecule has 2 N–H and O–H groups in total. The molecule has 1 aliphatic rings. The Morgan fingerprint density at radius 3 is 3.22 bits per heavy atom. The number of amides is 1. The summed E-state index contributed by atoms with van der Waals surface area (Å²) in [6.07, 6.45) is 3.82. The Morgan fingerprint density at radius 2 is 2.48 bits per heavy atom. The fraction of sp³-hybridized carbons (Fsp3) is 0.571. The summed E-state index contributed by atoms with van der Waals surface area (Å²) in [4.78, 5) is 22.4. The van der Waals surface area contributed by atoms with Crippen molar-refractivity contribution in [3.8, 4) is 0 Å². The number of aryl methyl sites for hydroxylation is 1. The van der Waals surface area contributed by atoms with E-state index in [1.807, 2.05) is 5.38 Å². The van der Waals surface area contributed by atoms with Gasteiger partial charge in [-0.3, -0.25) is 9.69 Å². The number of aromatic nitrogens is 3. The lowest BCUT2D eigenvalue weighted by molar-refractivity contribution is -0.115. The Hall–Kier alpha value is -1.84. The first-order chi connectivity index (χ1) is 11.2. The molecule has 0 saturated carbocycles. The van der Waals surface area contributed by atoms with Gasteiger partial charge in [0.25, 0.3) is 0 Å². The van der Waals surface area contributed by atoms with Gasteiger partial charge < -0.3 is 15.2 Å². The number of anilines is 1. The van der Waals surface area contributed by atoms with Crippen LogP contribution in [0.4, 0.5) is 5.13 Å². The molecule has 2 aromatic rings. The molecule has 1 atom stereocenters. The summed E-state index contributed by atoms with van der Waals surface area (Å²) < 4.78 is 5.00. The Kier molecular flexibility index (Phi) is 5.31. The second-order valence-electron chi connectivity index (χ2n) is 5.57. The summed E-state index contributed by atoms with van der Waals surface area (Å²) in [5, 5.41) is 12.5. The van der Waals surface area contributed by atoms with E-state index < -0.39 is 0 Å². The van der Waals surface area contributed by atoms with Crippen molar-refractivity contribution >= 4 is 22.4 Å². The van der Waals surface area contributed by atoms with Crippen LogP contribution in [0.25, 0.3) is 0 Å². The topological polar surface area (TPSA) is 96.2 Å². The molecule has 3 rings (SSSR count). The van der Waals surface area contributed by atoms with Gasteiger partial charge in [-0.1, -0.05) is 5.16 Å². The van der Waals surface area contributed by atoms with Crippen LogP contribution in [0.1, 0.15) is 24.6 Å². The first kappa shape index (κ1) is 16.0. The van der Waals surface area contributed by atoms with Crippen molar-refractivity contribution in [1.82, 2.24) is 25.3 Å². The van der Waals surface area contributed by atoms with E-state index in [1.165, 1.54) is 11.3 Å². The summed E-state index contributed by atoms with van der Waals surface area (Å²) in [5.74, 6) is 1.24. The van der Waals surface area contributed by atoms with Gasteiger partial charge in [-0.05, 0) is 19.4 Å². The number of carbonyl (C=O) groups excluding carboxylic acids is 1. The van der Waals surface area contributed by atoms with E-state index in [2.05, 4.69) is 30.7 Å². The van der Waals surface area contributed by atoms with Crippen LogP contribution in [0, 0.1) is 6.92 Å². The number of rotatable bonds is 6. The number of thiazole rings is 1. The molecule has 8 nitrogen and oxygen atoms in total. The highest BCUT2D eigenvalue weighted by Crippen LogP contribution is 2.13. The minimum absolute atomic E-state index is 0.0640. The van der Waals surface area contributed by atoms with Crippen LogP contribution in [0.5, 0.6) is 0 Å². The second-order valence-corrected chi connectivity index (χ2v) is 6.46. The van der Waals surface area contributed by atoms with Gasteiger partial charge in [-0.2, -0.15) is 4.98 Å².